The summed E-state index contributed by atoms with van der Waals surface area (Å²) in [7, 11) is 0. The maximum atomic E-state index is 12.0. The first-order valence-corrected chi connectivity index (χ1v) is 9.31. The molecule has 0 bridgehead atoms. The summed E-state index contributed by atoms with van der Waals surface area (Å²) in [5, 5.41) is 3.18. The molecule has 1 aromatic heterocycles. The third kappa shape index (κ3) is 3.37. The first kappa shape index (κ1) is 17.2. The second kappa shape index (κ2) is 7.26. The van der Waals surface area contributed by atoms with Crippen LogP contribution in [0.15, 0.2) is 89.5 Å². The quantitative estimate of drug-likeness (QED) is 0.487. The van der Waals surface area contributed by atoms with Crippen molar-refractivity contribution in [2.24, 2.45) is 0 Å². The summed E-state index contributed by atoms with van der Waals surface area (Å²) in [4.78, 5) is 16.3. The topological polar surface area (TPSA) is 79.2 Å². The molecule has 142 valence electrons. The predicted octanol–water partition coefficient (Wildman–Crippen LogP) is 4.42. The number of anilines is 2. The van der Waals surface area contributed by atoms with Crippen LogP contribution < -0.4 is 16.2 Å². The Morgan fingerprint density at radius 1 is 0.897 bits per heavy atom. The molecule has 1 atom stereocenters. The number of fused-ring (bicyclic) bond motifs is 1. The lowest BCUT2D eigenvalue weighted by molar-refractivity contribution is 0.0913. The van der Waals surface area contributed by atoms with Gasteiger partial charge in [-0.3, -0.25) is 10.2 Å². The Kier molecular flexibility index (Phi) is 4.31. The minimum absolute atomic E-state index is 0.107. The normalized spacial score (nSPS) is 15.4. The molecular weight excluding hydrogens is 364 g/mol. The number of oxazole rings is 1. The van der Waals surface area contributed by atoms with Crippen LogP contribution in [0.4, 0.5) is 11.7 Å². The lowest BCUT2D eigenvalue weighted by Crippen LogP contribution is -2.45. The largest absolute Gasteiger partial charge is 0.423 e. The van der Waals surface area contributed by atoms with E-state index in [9.17, 15) is 4.79 Å². The summed E-state index contributed by atoms with van der Waals surface area (Å²) in [6, 6.07) is 25.7. The molecule has 1 unspecified atom stereocenters. The van der Waals surface area contributed by atoms with Crippen LogP contribution in [0.5, 0.6) is 0 Å². The lowest BCUT2D eigenvalue weighted by atomic mass is 9.93. The molecule has 4 aromatic rings. The Bertz CT molecular complexity index is 1150. The van der Waals surface area contributed by atoms with E-state index in [0.717, 1.165) is 22.4 Å². The van der Waals surface area contributed by atoms with E-state index in [4.69, 9.17) is 4.42 Å². The minimum atomic E-state index is -0.117. The van der Waals surface area contributed by atoms with E-state index in [0.29, 0.717) is 17.3 Å². The standard InChI is InChI=1S/C23H18N4O2/c28-22-19-9-5-4-8-18(19)21(26-27-22)16-10-12-17(13-11-16)25-23-24-14-20(29-23)15-6-2-1-3-7-15/h1-14,21,26H,(H,24,25)(H,27,28). The van der Waals surface area contributed by atoms with Crippen LogP contribution in [0.2, 0.25) is 0 Å². The fraction of sp³-hybridized carbons (Fsp3) is 0.0435. The molecule has 1 amide bonds. The average molecular weight is 382 g/mol. The van der Waals surface area contributed by atoms with E-state index < -0.39 is 0 Å². The monoisotopic (exact) mass is 382 g/mol. The van der Waals surface area contributed by atoms with Gasteiger partial charge in [0.15, 0.2) is 5.76 Å². The van der Waals surface area contributed by atoms with Gasteiger partial charge in [-0.15, -0.1) is 0 Å². The van der Waals surface area contributed by atoms with Gasteiger partial charge in [-0.1, -0.05) is 60.7 Å². The molecule has 0 saturated heterocycles. The maximum Gasteiger partial charge on any atom is 0.299 e. The number of nitrogens with zero attached hydrogens (tertiary/aromatic N) is 1. The van der Waals surface area contributed by atoms with Gasteiger partial charge in [0.25, 0.3) is 11.9 Å². The van der Waals surface area contributed by atoms with Crippen molar-refractivity contribution >= 4 is 17.6 Å². The highest BCUT2D eigenvalue weighted by Crippen LogP contribution is 2.29. The zero-order valence-electron chi connectivity index (χ0n) is 15.4. The third-order valence-corrected chi connectivity index (χ3v) is 4.91. The maximum absolute atomic E-state index is 12.0. The van der Waals surface area contributed by atoms with Crippen molar-refractivity contribution < 1.29 is 9.21 Å². The highest BCUT2D eigenvalue weighted by atomic mass is 16.4. The number of hydrogen-bond donors (Lipinski definition) is 3. The minimum Gasteiger partial charge on any atom is -0.423 e. The Labute approximate surface area is 167 Å². The van der Waals surface area contributed by atoms with Crippen LogP contribution in [-0.4, -0.2) is 10.9 Å². The molecule has 5 rings (SSSR count). The van der Waals surface area contributed by atoms with Gasteiger partial charge in [-0.25, -0.2) is 10.4 Å². The molecule has 0 aliphatic carbocycles. The summed E-state index contributed by atoms with van der Waals surface area (Å²) in [6.07, 6.45) is 1.71. The number of rotatable bonds is 4. The molecular formula is C23H18N4O2. The van der Waals surface area contributed by atoms with Gasteiger partial charge >= 0.3 is 0 Å². The van der Waals surface area contributed by atoms with Crippen molar-refractivity contribution in [1.82, 2.24) is 15.8 Å². The Morgan fingerprint density at radius 2 is 1.66 bits per heavy atom. The van der Waals surface area contributed by atoms with Gasteiger partial charge in [0.05, 0.1) is 12.2 Å². The van der Waals surface area contributed by atoms with Gasteiger partial charge in [0.2, 0.25) is 0 Å². The highest BCUT2D eigenvalue weighted by Gasteiger charge is 2.25. The van der Waals surface area contributed by atoms with Crippen LogP contribution >= 0.6 is 0 Å². The van der Waals surface area contributed by atoms with Gasteiger partial charge in [-0.05, 0) is 29.3 Å². The van der Waals surface area contributed by atoms with Gasteiger partial charge in [0, 0.05) is 16.8 Å². The molecule has 2 heterocycles. The van der Waals surface area contributed by atoms with Crippen molar-refractivity contribution in [3.63, 3.8) is 0 Å². The number of nitrogens with one attached hydrogen (secondary N) is 3. The lowest BCUT2D eigenvalue weighted by Gasteiger charge is -2.27. The van der Waals surface area contributed by atoms with E-state index in [1.165, 1.54) is 0 Å². The van der Waals surface area contributed by atoms with Crippen molar-refractivity contribution in [3.8, 4) is 11.3 Å². The molecule has 6 nitrogen and oxygen atoms in total. The predicted molar refractivity (Wildman–Crippen MR) is 111 cm³/mol. The van der Waals surface area contributed by atoms with E-state index in [2.05, 4.69) is 21.2 Å². The SMILES string of the molecule is O=C1NNC(c2ccc(Nc3ncc(-c4ccccc4)o3)cc2)c2ccccc21. The summed E-state index contributed by atoms with van der Waals surface area (Å²) in [6.45, 7) is 0. The van der Waals surface area contributed by atoms with Gasteiger partial charge < -0.3 is 9.73 Å². The number of amides is 1. The van der Waals surface area contributed by atoms with E-state index in [-0.39, 0.29) is 11.9 Å². The highest BCUT2D eigenvalue weighted by molar-refractivity contribution is 5.96. The Balaban J connectivity index is 1.35. The smallest absolute Gasteiger partial charge is 0.299 e. The van der Waals surface area contributed by atoms with Gasteiger partial charge in [0.1, 0.15) is 0 Å². The van der Waals surface area contributed by atoms with Gasteiger partial charge in [-0.2, -0.15) is 0 Å². The number of carbonyl (C=O) groups excluding carboxylic acids is 1. The van der Waals surface area contributed by atoms with Crippen LogP contribution in [0.25, 0.3) is 11.3 Å². The van der Waals surface area contributed by atoms with Crippen LogP contribution in [0.3, 0.4) is 0 Å². The third-order valence-electron chi connectivity index (χ3n) is 4.91. The Morgan fingerprint density at radius 3 is 2.48 bits per heavy atom. The number of hydrazine groups is 1. The molecule has 0 fully saturated rings. The second-order valence-electron chi connectivity index (χ2n) is 6.76. The number of aromatic nitrogens is 1. The second-order valence-corrected chi connectivity index (χ2v) is 6.76. The summed E-state index contributed by atoms with van der Waals surface area (Å²) < 4.78 is 5.80. The fourth-order valence-corrected chi connectivity index (χ4v) is 3.45. The molecule has 1 aliphatic rings. The molecule has 0 saturated carbocycles. The van der Waals surface area contributed by atoms with Crippen molar-refractivity contribution in [1.29, 1.82) is 0 Å². The summed E-state index contributed by atoms with van der Waals surface area (Å²) in [5.41, 5.74) is 10.3. The zero-order chi connectivity index (χ0) is 19.6. The first-order valence-electron chi connectivity index (χ1n) is 9.31. The molecule has 3 N–H and O–H groups in total. The summed E-state index contributed by atoms with van der Waals surface area (Å²) in [5.74, 6) is 0.594. The zero-order valence-corrected chi connectivity index (χ0v) is 15.4. The summed E-state index contributed by atoms with van der Waals surface area (Å²) >= 11 is 0. The van der Waals surface area contributed by atoms with E-state index in [1.54, 1.807) is 6.20 Å². The van der Waals surface area contributed by atoms with Crippen molar-refractivity contribution in [3.05, 3.63) is 102 Å². The van der Waals surface area contributed by atoms with Crippen LogP contribution in [-0.2, 0) is 0 Å². The first-order chi connectivity index (χ1) is 14.3. The van der Waals surface area contributed by atoms with Crippen molar-refractivity contribution in [2.75, 3.05) is 5.32 Å². The fourth-order valence-electron chi connectivity index (χ4n) is 3.45. The molecule has 6 heteroatoms. The average Bonchev–Trinajstić information content (AvgIpc) is 3.24. The number of hydrogen-bond acceptors (Lipinski definition) is 5. The number of benzene rings is 3. The van der Waals surface area contributed by atoms with Crippen LogP contribution in [0, 0.1) is 0 Å². The molecule has 1 aliphatic heterocycles. The van der Waals surface area contributed by atoms with Crippen molar-refractivity contribution in [2.45, 2.75) is 6.04 Å². The molecule has 3 aromatic carbocycles. The Hall–Kier alpha value is -3.90. The number of carbonyl (C=O) groups is 1. The molecule has 29 heavy (non-hydrogen) atoms. The van der Waals surface area contributed by atoms with Crippen LogP contribution in [0.1, 0.15) is 27.5 Å². The molecule has 0 spiro atoms. The molecule has 0 radical (unpaired) electrons. The van der Waals surface area contributed by atoms with E-state index >= 15 is 0 Å². The van der Waals surface area contributed by atoms with E-state index in [1.807, 2.05) is 78.9 Å².